The van der Waals surface area contributed by atoms with E-state index in [4.69, 9.17) is 0 Å². The Labute approximate surface area is 171 Å². The maximum Gasteiger partial charge on any atom is 0.255 e. The van der Waals surface area contributed by atoms with Gasteiger partial charge in [-0.1, -0.05) is 29.8 Å². The average molecular weight is 386 g/mol. The maximum atomic E-state index is 12.6. The molecule has 2 heterocycles. The number of aryl methyl sites for hydroxylation is 1. The molecule has 5 heteroatoms. The summed E-state index contributed by atoms with van der Waals surface area (Å²) in [7, 11) is 0. The van der Waals surface area contributed by atoms with E-state index in [1.807, 2.05) is 18.2 Å². The summed E-state index contributed by atoms with van der Waals surface area (Å²) in [6.45, 7) is 4.96. The molecule has 2 N–H and O–H groups in total. The molecule has 1 aliphatic heterocycles. The molecule has 0 spiro atoms. The highest BCUT2D eigenvalue weighted by Gasteiger charge is 2.12. The highest BCUT2D eigenvalue weighted by atomic mass is 16.1. The molecule has 4 rings (SSSR count). The minimum Gasteiger partial charge on any atom is -0.372 e. The van der Waals surface area contributed by atoms with Crippen LogP contribution in [0.25, 0.3) is 0 Å². The lowest BCUT2D eigenvalue weighted by atomic mass is 10.1. The standard InChI is InChI=1S/C24H26N4O/c1-18-5-4-6-19(15-18)17-26-23-16-20(11-12-25-23)24(29)27-21-7-9-22(10-8-21)28-13-2-3-14-28/h4-12,15-16H,2-3,13-14,17H2,1H3,(H,25,26)(H,27,29). The molecule has 1 aliphatic rings. The predicted octanol–water partition coefficient (Wildman–Crippen LogP) is 4.85. The molecule has 1 saturated heterocycles. The molecule has 0 atom stereocenters. The number of nitrogens with one attached hydrogen (secondary N) is 2. The average Bonchev–Trinajstić information content (AvgIpc) is 3.28. The number of nitrogens with zero attached hydrogens (tertiary/aromatic N) is 2. The number of hydrogen-bond donors (Lipinski definition) is 2. The Morgan fingerprint density at radius 2 is 1.83 bits per heavy atom. The van der Waals surface area contributed by atoms with Crippen molar-refractivity contribution in [3.05, 3.63) is 83.6 Å². The zero-order chi connectivity index (χ0) is 20.1. The van der Waals surface area contributed by atoms with E-state index < -0.39 is 0 Å². The Bertz CT molecular complexity index is 978. The van der Waals surface area contributed by atoms with Crippen LogP contribution in [0, 0.1) is 6.92 Å². The van der Waals surface area contributed by atoms with E-state index in [9.17, 15) is 4.79 Å². The number of amides is 1. The molecule has 29 heavy (non-hydrogen) atoms. The molecule has 0 bridgehead atoms. The van der Waals surface area contributed by atoms with Gasteiger partial charge in [-0.2, -0.15) is 0 Å². The van der Waals surface area contributed by atoms with Gasteiger partial charge in [0.1, 0.15) is 5.82 Å². The van der Waals surface area contributed by atoms with Crippen LogP contribution in [0.1, 0.15) is 34.3 Å². The van der Waals surface area contributed by atoms with Gasteiger partial charge in [0.15, 0.2) is 0 Å². The number of anilines is 3. The lowest BCUT2D eigenvalue weighted by Gasteiger charge is -2.17. The third-order valence-electron chi connectivity index (χ3n) is 5.17. The second-order valence-electron chi connectivity index (χ2n) is 7.47. The van der Waals surface area contributed by atoms with Crippen molar-refractivity contribution >= 4 is 23.1 Å². The van der Waals surface area contributed by atoms with E-state index >= 15 is 0 Å². The molecular weight excluding hydrogens is 360 g/mol. The van der Waals surface area contributed by atoms with Crippen LogP contribution < -0.4 is 15.5 Å². The molecule has 5 nitrogen and oxygen atoms in total. The summed E-state index contributed by atoms with van der Waals surface area (Å²) in [5, 5.41) is 6.26. The molecule has 2 aromatic carbocycles. The van der Waals surface area contributed by atoms with Crippen molar-refractivity contribution in [2.75, 3.05) is 28.6 Å². The van der Waals surface area contributed by atoms with E-state index in [1.54, 1.807) is 18.3 Å². The Kier molecular flexibility index (Phi) is 5.75. The van der Waals surface area contributed by atoms with Crippen LogP contribution in [-0.2, 0) is 6.54 Å². The minimum atomic E-state index is -0.139. The fourth-order valence-electron chi connectivity index (χ4n) is 3.62. The van der Waals surface area contributed by atoms with Crippen molar-refractivity contribution in [3.8, 4) is 0 Å². The van der Waals surface area contributed by atoms with Crippen molar-refractivity contribution in [2.24, 2.45) is 0 Å². The van der Waals surface area contributed by atoms with Crippen LogP contribution in [-0.4, -0.2) is 24.0 Å². The lowest BCUT2D eigenvalue weighted by Crippen LogP contribution is -2.17. The Morgan fingerprint density at radius 1 is 1.03 bits per heavy atom. The van der Waals surface area contributed by atoms with E-state index in [1.165, 1.54) is 29.7 Å². The molecule has 3 aromatic rings. The summed E-state index contributed by atoms with van der Waals surface area (Å²) < 4.78 is 0. The maximum absolute atomic E-state index is 12.6. The lowest BCUT2D eigenvalue weighted by molar-refractivity contribution is 0.102. The molecule has 1 fully saturated rings. The van der Waals surface area contributed by atoms with Gasteiger partial charge in [-0.3, -0.25) is 4.79 Å². The van der Waals surface area contributed by atoms with Gasteiger partial charge in [0.25, 0.3) is 5.91 Å². The van der Waals surface area contributed by atoms with Crippen LogP contribution in [0.15, 0.2) is 66.9 Å². The Hall–Kier alpha value is -3.34. The van der Waals surface area contributed by atoms with Gasteiger partial charge in [0.2, 0.25) is 0 Å². The molecule has 0 aliphatic carbocycles. The number of aromatic nitrogens is 1. The summed E-state index contributed by atoms with van der Waals surface area (Å²) in [5.74, 6) is 0.545. The van der Waals surface area contributed by atoms with Gasteiger partial charge in [-0.05, 0) is 61.7 Å². The number of carbonyl (C=O) groups is 1. The molecule has 1 amide bonds. The predicted molar refractivity (Wildman–Crippen MR) is 119 cm³/mol. The normalized spacial score (nSPS) is 13.3. The Morgan fingerprint density at radius 3 is 2.59 bits per heavy atom. The number of carbonyl (C=O) groups excluding carboxylic acids is 1. The SMILES string of the molecule is Cc1cccc(CNc2cc(C(=O)Nc3ccc(N4CCCC4)cc3)ccn2)c1. The van der Waals surface area contributed by atoms with Gasteiger partial charge < -0.3 is 15.5 Å². The second-order valence-corrected chi connectivity index (χ2v) is 7.47. The van der Waals surface area contributed by atoms with Crippen molar-refractivity contribution in [1.82, 2.24) is 4.98 Å². The fraction of sp³-hybridized carbons (Fsp3) is 0.250. The van der Waals surface area contributed by atoms with Crippen LogP contribution in [0.2, 0.25) is 0 Å². The smallest absolute Gasteiger partial charge is 0.255 e. The highest BCUT2D eigenvalue weighted by molar-refractivity contribution is 6.04. The topological polar surface area (TPSA) is 57.3 Å². The van der Waals surface area contributed by atoms with Gasteiger partial charge >= 0.3 is 0 Å². The number of hydrogen-bond acceptors (Lipinski definition) is 4. The van der Waals surface area contributed by atoms with Crippen molar-refractivity contribution in [2.45, 2.75) is 26.3 Å². The third kappa shape index (κ3) is 4.93. The van der Waals surface area contributed by atoms with Gasteiger partial charge in [0, 0.05) is 42.8 Å². The summed E-state index contributed by atoms with van der Waals surface area (Å²) in [6.07, 6.45) is 4.16. The Balaban J connectivity index is 1.37. The first-order valence-corrected chi connectivity index (χ1v) is 10.1. The quantitative estimate of drug-likeness (QED) is 0.636. The molecule has 0 saturated carbocycles. The minimum absolute atomic E-state index is 0.139. The largest absolute Gasteiger partial charge is 0.372 e. The van der Waals surface area contributed by atoms with Crippen molar-refractivity contribution in [1.29, 1.82) is 0 Å². The zero-order valence-electron chi connectivity index (χ0n) is 16.7. The molecular formula is C24H26N4O. The first-order valence-electron chi connectivity index (χ1n) is 10.1. The molecule has 0 unspecified atom stereocenters. The molecule has 148 valence electrons. The first-order chi connectivity index (χ1) is 14.2. The number of rotatable bonds is 6. The third-order valence-corrected chi connectivity index (χ3v) is 5.17. The number of pyridine rings is 1. The fourth-order valence-corrected chi connectivity index (χ4v) is 3.62. The summed E-state index contributed by atoms with van der Waals surface area (Å²) in [6, 6.07) is 19.9. The van der Waals surface area contributed by atoms with Gasteiger partial charge in [-0.25, -0.2) is 4.98 Å². The van der Waals surface area contributed by atoms with E-state index in [2.05, 4.69) is 57.8 Å². The van der Waals surface area contributed by atoms with E-state index in [0.29, 0.717) is 17.9 Å². The van der Waals surface area contributed by atoms with E-state index in [-0.39, 0.29) is 5.91 Å². The van der Waals surface area contributed by atoms with Crippen molar-refractivity contribution < 1.29 is 4.79 Å². The van der Waals surface area contributed by atoms with Crippen LogP contribution in [0.4, 0.5) is 17.2 Å². The monoisotopic (exact) mass is 386 g/mol. The molecule has 0 radical (unpaired) electrons. The van der Waals surface area contributed by atoms with Crippen LogP contribution in [0.3, 0.4) is 0 Å². The van der Waals surface area contributed by atoms with Crippen LogP contribution >= 0.6 is 0 Å². The highest BCUT2D eigenvalue weighted by Crippen LogP contribution is 2.22. The molecule has 1 aromatic heterocycles. The van der Waals surface area contributed by atoms with Gasteiger partial charge in [-0.15, -0.1) is 0 Å². The van der Waals surface area contributed by atoms with Crippen LogP contribution in [0.5, 0.6) is 0 Å². The zero-order valence-corrected chi connectivity index (χ0v) is 16.7. The van der Waals surface area contributed by atoms with Crippen molar-refractivity contribution in [3.63, 3.8) is 0 Å². The van der Waals surface area contributed by atoms with E-state index in [0.717, 1.165) is 18.8 Å². The summed E-state index contributed by atoms with van der Waals surface area (Å²) >= 11 is 0. The summed E-state index contributed by atoms with van der Waals surface area (Å²) in [4.78, 5) is 19.4. The summed E-state index contributed by atoms with van der Waals surface area (Å²) in [5.41, 5.74) is 4.99. The first kappa shape index (κ1) is 19.0. The second kappa shape index (κ2) is 8.78. The number of benzene rings is 2. The van der Waals surface area contributed by atoms with Gasteiger partial charge in [0.05, 0.1) is 0 Å².